The molecule has 29 heavy (non-hydrogen) atoms. The van der Waals surface area contributed by atoms with Crippen molar-refractivity contribution < 1.29 is 32.9 Å². The number of anilines is 2. The first-order valence-electron chi connectivity index (χ1n) is 10.1. The molecule has 1 amide bonds. The minimum atomic E-state index is -0.780. The number of ether oxygens (including phenoxy) is 3. The lowest BCUT2D eigenvalue weighted by atomic mass is 10.00. The van der Waals surface area contributed by atoms with Gasteiger partial charge in [0.25, 0.3) is 0 Å². The Hall–Kier alpha value is -1.97. The van der Waals surface area contributed by atoms with Gasteiger partial charge in [0.15, 0.2) is 17.4 Å². The van der Waals surface area contributed by atoms with Crippen LogP contribution < -0.4 is 9.80 Å². The number of amides is 1. The van der Waals surface area contributed by atoms with Crippen molar-refractivity contribution >= 4 is 17.5 Å². The molecule has 1 N–H and O–H groups in total. The Balaban J connectivity index is 0.000000994. The molecular formula is C20H26F2N2O5. The Morgan fingerprint density at radius 1 is 1.14 bits per heavy atom. The molecule has 1 saturated carbocycles. The number of carbonyl (C=O) groups is 1. The molecule has 160 valence electrons. The Morgan fingerprint density at radius 3 is 2.28 bits per heavy atom. The van der Waals surface area contributed by atoms with Crippen LogP contribution in [0.4, 0.5) is 25.0 Å². The van der Waals surface area contributed by atoms with Crippen LogP contribution in [0.1, 0.15) is 26.7 Å². The van der Waals surface area contributed by atoms with Crippen molar-refractivity contribution in [3.8, 4) is 0 Å². The van der Waals surface area contributed by atoms with Crippen molar-refractivity contribution in [2.75, 3.05) is 49.3 Å². The van der Waals surface area contributed by atoms with Gasteiger partial charge in [-0.1, -0.05) is 13.8 Å². The van der Waals surface area contributed by atoms with Crippen LogP contribution in [-0.2, 0) is 14.2 Å². The lowest BCUT2D eigenvalue weighted by Gasteiger charge is -2.28. The van der Waals surface area contributed by atoms with Gasteiger partial charge in [0.1, 0.15) is 11.8 Å². The molecule has 4 fully saturated rings. The molecule has 1 aliphatic carbocycles. The van der Waals surface area contributed by atoms with Gasteiger partial charge in [0.05, 0.1) is 38.6 Å². The number of halogens is 2. The fourth-order valence-electron chi connectivity index (χ4n) is 4.50. The molecule has 5 rings (SSSR count). The number of hydrogen-bond donors (Lipinski definition) is 1. The van der Waals surface area contributed by atoms with Gasteiger partial charge >= 0.3 is 6.09 Å². The second-order valence-electron chi connectivity index (χ2n) is 7.64. The maximum Gasteiger partial charge on any atom is 0.414 e. The highest BCUT2D eigenvalue weighted by atomic mass is 19.1. The summed E-state index contributed by atoms with van der Waals surface area (Å²) in [5.41, 5.74) is -0.265. The number of cyclic esters (lactones) is 1. The van der Waals surface area contributed by atoms with Gasteiger partial charge in [-0.2, -0.15) is 0 Å². The summed E-state index contributed by atoms with van der Waals surface area (Å²) >= 11 is 0. The van der Waals surface area contributed by atoms with E-state index in [1.807, 2.05) is 13.8 Å². The number of aliphatic hydroxyl groups excluding tert-OH is 1. The first-order chi connectivity index (χ1) is 14.0. The topological polar surface area (TPSA) is 71.5 Å². The van der Waals surface area contributed by atoms with Crippen molar-refractivity contribution in [1.82, 2.24) is 0 Å². The molecule has 4 aliphatic rings. The molecule has 1 aromatic rings. The number of rotatable bonds is 3. The number of carbonyl (C=O) groups excluding carboxylic acids is 1. The van der Waals surface area contributed by atoms with E-state index in [4.69, 9.17) is 19.3 Å². The van der Waals surface area contributed by atoms with Crippen molar-refractivity contribution in [1.29, 1.82) is 0 Å². The number of hydrogen-bond acceptors (Lipinski definition) is 6. The van der Waals surface area contributed by atoms with Gasteiger partial charge < -0.3 is 24.2 Å². The highest BCUT2D eigenvalue weighted by Gasteiger charge is 2.68. The molecule has 1 aromatic carbocycles. The summed E-state index contributed by atoms with van der Waals surface area (Å²) < 4.78 is 46.4. The summed E-state index contributed by atoms with van der Waals surface area (Å²) in [4.78, 5) is 14.6. The quantitative estimate of drug-likeness (QED) is 0.823. The van der Waals surface area contributed by atoms with E-state index in [0.29, 0.717) is 19.8 Å². The van der Waals surface area contributed by atoms with Gasteiger partial charge in [-0.3, -0.25) is 4.90 Å². The van der Waals surface area contributed by atoms with Crippen LogP contribution in [0.2, 0.25) is 0 Å². The fraction of sp³-hybridized carbons (Fsp3) is 0.650. The standard InChI is InChI=1S/C18H20F2N2O5.C2H6/c19-13-5-11(22-7-12(8-23)27-16(22)24)6-14(20)15(13)21-9-17(1-2-17)18(10-21)25-3-4-26-18;1-2/h5-6,12,23H,1-4,7-10H2;1-2H3/t12-;/m1./s1. The number of fused-ring (bicyclic) bond motifs is 1. The minimum Gasteiger partial charge on any atom is -0.441 e. The monoisotopic (exact) mass is 412 g/mol. The molecular weight excluding hydrogens is 386 g/mol. The predicted molar refractivity (Wildman–Crippen MR) is 101 cm³/mol. The normalized spacial score (nSPS) is 26.1. The molecule has 7 nitrogen and oxygen atoms in total. The third-order valence-electron chi connectivity index (χ3n) is 6.02. The second-order valence-corrected chi connectivity index (χ2v) is 7.64. The van der Waals surface area contributed by atoms with Crippen molar-refractivity contribution in [3.05, 3.63) is 23.8 Å². The Morgan fingerprint density at radius 2 is 1.76 bits per heavy atom. The summed E-state index contributed by atoms with van der Waals surface area (Å²) in [6.45, 7) is 5.43. The first-order valence-corrected chi connectivity index (χ1v) is 10.1. The van der Waals surface area contributed by atoms with E-state index in [1.54, 1.807) is 4.90 Å². The molecule has 0 aromatic heterocycles. The van der Waals surface area contributed by atoms with Gasteiger partial charge in [-0.15, -0.1) is 0 Å². The molecule has 1 atom stereocenters. The summed E-state index contributed by atoms with van der Waals surface area (Å²) in [7, 11) is 0. The maximum atomic E-state index is 14.9. The fourth-order valence-corrected chi connectivity index (χ4v) is 4.50. The van der Waals surface area contributed by atoms with E-state index >= 15 is 0 Å². The van der Waals surface area contributed by atoms with Crippen LogP contribution >= 0.6 is 0 Å². The van der Waals surface area contributed by atoms with Crippen LogP contribution in [0.25, 0.3) is 0 Å². The smallest absolute Gasteiger partial charge is 0.414 e. The van der Waals surface area contributed by atoms with E-state index in [1.165, 1.54) is 0 Å². The van der Waals surface area contributed by atoms with E-state index in [0.717, 1.165) is 29.9 Å². The minimum absolute atomic E-state index is 0.0468. The second kappa shape index (κ2) is 7.37. The zero-order valence-electron chi connectivity index (χ0n) is 16.6. The highest BCUT2D eigenvalue weighted by molar-refractivity contribution is 5.90. The van der Waals surface area contributed by atoms with Crippen molar-refractivity contribution in [3.63, 3.8) is 0 Å². The van der Waals surface area contributed by atoms with E-state index in [9.17, 15) is 13.6 Å². The van der Waals surface area contributed by atoms with Gasteiger partial charge in [0.2, 0.25) is 0 Å². The molecule has 0 unspecified atom stereocenters. The molecule has 3 aliphatic heterocycles. The molecule has 0 bridgehead atoms. The molecule has 2 spiro atoms. The third kappa shape index (κ3) is 3.15. The van der Waals surface area contributed by atoms with Crippen molar-refractivity contribution in [2.24, 2.45) is 5.41 Å². The SMILES string of the molecule is CC.O=C1O[C@@H](CO)CN1c1cc(F)c(N2CC3(CC3)C3(C2)OCCO3)c(F)c1. The number of nitrogens with zero attached hydrogens (tertiary/aromatic N) is 2. The third-order valence-corrected chi connectivity index (χ3v) is 6.02. The molecule has 3 saturated heterocycles. The van der Waals surface area contributed by atoms with Crippen molar-refractivity contribution in [2.45, 2.75) is 38.6 Å². The van der Waals surface area contributed by atoms with E-state index in [2.05, 4.69) is 0 Å². The summed E-state index contributed by atoms with van der Waals surface area (Å²) in [6, 6.07) is 2.25. The lowest BCUT2D eigenvalue weighted by Crippen LogP contribution is -2.40. The molecule has 9 heteroatoms. The van der Waals surface area contributed by atoms with Crippen LogP contribution in [0.15, 0.2) is 12.1 Å². The van der Waals surface area contributed by atoms with Gasteiger partial charge in [-0.25, -0.2) is 13.6 Å². The zero-order chi connectivity index (χ0) is 20.8. The summed E-state index contributed by atoms with van der Waals surface area (Å²) in [5.74, 6) is -2.29. The first kappa shape index (κ1) is 20.3. The van der Waals surface area contributed by atoms with Crippen LogP contribution in [0.5, 0.6) is 0 Å². The largest absolute Gasteiger partial charge is 0.441 e. The average Bonchev–Trinajstić information content (AvgIpc) is 3.05. The molecule has 3 heterocycles. The average molecular weight is 412 g/mol. The molecule has 0 radical (unpaired) electrons. The number of aliphatic hydroxyl groups is 1. The number of benzene rings is 1. The summed E-state index contributed by atoms with van der Waals surface area (Å²) in [6.07, 6.45) is 0.388. The zero-order valence-corrected chi connectivity index (χ0v) is 16.6. The van der Waals surface area contributed by atoms with E-state index in [-0.39, 0.29) is 36.5 Å². The Bertz CT molecular complexity index is 772. The Labute approximate surface area is 168 Å². The predicted octanol–water partition coefficient (Wildman–Crippen LogP) is 2.65. The van der Waals surface area contributed by atoms with E-state index < -0.39 is 29.6 Å². The maximum absolute atomic E-state index is 14.9. The highest BCUT2D eigenvalue weighted by Crippen LogP contribution is 2.62. The van der Waals surface area contributed by atoms with Crippen LogP contribution in [-0.4, -0.2) is 62.5 Å². The van der Waals surface area contributed by atoms with Gasteiger partial charge in [0, 0.05) is 24.1 Å². The Kier molecular flexibility index (Phi) is 5.16. The van der Waals surface area contributed by atoms with Gasteiger partial charge in [-0.05, 0) is 12.8 Å². The van der Waals surface area contributed by atoms with Crippen LogP contribution in [0, 0.1) is 17.0 Å². The van der Waals surface area contributed by atoms with Crippen LogP contribution in [0.3, 0.4) is 0 Å². The lowest BCUT2D eigenvalue weighted by molar-refractivity contribution is -0.178. The summed E-state index contributed by atoms with van der Waals surface area (Å²) in [5, 5.41) is 9.12.